The average Bonchev–Trinajstić information content (AvgIpc) is 2.39. The van der Waals surface area contributed by atoms with E-state index in [9.17, 15) is 21.6 Å². The van der Waals surface area contributed by atoms with Crippen molar-refractivity contribution in [1.29, 1.82) is 0 Å². The molecule has 1 atom stereocenters. The summed E-state index contributed by atoms with van der Waals surface area (Å²) in [5.41, 5.74) is 0. The van der Waals surface area contributed by atoms with Crippen LogP contribution in [0.25, 0.3) is 0 Å². The van der Waals surface area contributed by atoms with E-state index in [0.29, 0.717) is 0 Å². The molecule has 2 aliphatic rings. The summed E-state index contributed by atoms with van der Waals surface area (Å²) >= 11 is 0. The van der Waals surface area contributed by atoms with E-state index in [2.05, 4.69) is 0 Å². The van der Waals surface area contributed by atoms with Crippen LogP contribution in [0.5, 0.6) is 0 Å². The van der Waals surface area contributed by atoms with Crippen LogP contribution < -0.4 is 0 Å². The second kappa shape index (κ2) is 5.55. The van der Waals surface area contributed by atoms with Crippen LogP contribution in [0.3, 0.4) is 0 Å². The number of piperidine rings is 1. The van der Waals surface area contributed by atoms with Crippen molar-refractivity contribution < 1.29 is 26.3 Å². The van der Waals surface area contributed by atoms with E-state index >= 15 is 0 Å². The van der Waals surface area contributed by atoms with Gasteiger partial charge in [0.2, 0.25) is 0 Å². The van der Waals surface area contributed by atoms with E-state index in [4.69, 9.17) is 4.74 Å². The predicted molar refractivity (Wildman–Crippen MR) is 61.7 cm³/mol. The Morgan fingerprint density at radius 3 is 2.26 bits per heavy atom. The number of rotatable bonds is 2. The molecule has 0 aromatic carbocycles. The molecule has 0 aromatic rings. The SMILES string of the molecule is O=S(=O)(N1CCOCC1)N1CCC[C@H](C(F)(F)F)C1. The van der Waals surface area contributed by atoms with Crippen molar-refractivity contribution in [2.75, 3.05) is 39.4 Å². The molecule has 0 amide bonds. The molecule has 0 spiro atoms. The highest BCUT2D eigenvalue weighted by atomic mass is 32.2. The minimum absolute atomic E-state index is 0.00136. The molecule has 9 heteroatoms. The molecule has 0 radical (unpaired) electrons. The van der Waals surface area contributed by atoms with E-state index in [-0.39, 0.29) is 45.7 Å². The van der Waals surface area contributed by atoms with E-state index in [1.165, 1.54) is 4.31 Å². The first-order valence-corrected chi connectivity index (χ1v) is 7.61. The lowest BCUT2D eigenvalue weighted by Gasteiger charge is -2.37. The lowest BCUT2D eigenvalue weighted by atomic mass is 9.99. The summed E-state index contributed by atoms with van der Waals surface area (Å²) < 4.78 is 69.8. The number of halogens is 3. The number of ether oxygens (including phenoxy) is 1. The number of alkyl halides is 3. The highest BCUT2D eigenvalue weighted by Gasteiger charge is 2.45. The van der Waals surface area contributed by atoms with Crippen molar-refractivity contribution in [1.82, 2.24) is 8.61 Å². The Kier molecular flexibility index (Phi) is 4.38. The molecule has 0 bridgehead atoms. The van der Waals surface area contributed by atoms with Crippen LogP contribution >= 0.6 is 0 Å². The second-order valence-corrected chi connectivity index (χ2v) is 6.69. The Morgan fingerprint density at radius 1 is 1.05 bits per heavy atom. The summed E-state index contributed by atoms with van der Waals surface area (Å²) in [7, 11) is -3.79. The first-order chi connectivity index (χ1) is 8.82. The van der Waals surface area contributed by atoms with Gasteiger partial charge in [-0.15, -0.1) is 0 Å². The van der Waals surface area contributed by atoms with E-state index in [1.54, 1.807) is 0 Å². The summed E-state index contributed by atoms with van der Waals surface area (Å²) in [5.74, 6) is -1.56. The third-order valence-corrected chi connectivity index (χ3v) is 5.47. The maximum atomic E-state index is 12.7. The summed E-state index contributed by atoms with van der Waals surface area (Å²) in [5, 5.41) is 0. The standard InChI is InChI=1S/C10H17F3N2O3S/c11-10(12,13)9-2-1-3-15(8-9)19(16,17)14-4-6-18-7-5-14/h9H,1-8H2/t9-/m0/s1. The molecule has 2 aliphatic heterocycles. The molecular formula is C10H17F3N2O3S. The van der Waals surface area contributed by atoms with Crippen molar-refractivity contribution >= 4 is 10.2 Å². The topological polar surface area (TPSA) is 49.9 Å². The molecule has 0 aliphatic carbocycles. The predicted octanol–water partition coefficient (Wildman–Crippen LogP) is 0.838. The first kappa shape index (κ1) is 15.0. The molecule has 2 saturated heterocycles. The van der Waals surface area contributed by atoms with Crippen LogP contribution in [0.4, 0.5) is 13.2 Å². The van der Waals surface area contributed by atoms with Crippen molar-refractivity contribution in [3.05, 3.63) is 0 Å². The third-order valence-electron chi connectivity index (χ3n) is 3.47. The van der Waals surface area contributed by atoms with Gasteiger partial charge >= 0.3 is 6.18 Å². The molecular weight excluding hydrogens is 285 g/mol. The van der Waals surface area contributed by atoms with Gasteiger partial charge in [0.15, 0.2) is 0 Å². The van der Waals surface area contributed by atoms with Gasteiger partial charge in [-0.05, 0) is 12.8 Å². The van der Waals surface area contributed by atoms with E-state index in [0.717, 1.165) is 4.31 Å². The number of hydrogen-bond acceptors (Lipinski definition) is 3. The van der Waals surface area contributed by atoms with Crippen LogP contribution in [0.2, 0.25) is 0 Å². The third kappa shape index (κ3) is 3.39. The van der Waals surface area contributed by atoms with Crippen molar-refractivity contribution in [3.8, 4) is 0 Å². The fourth-order valence-electron chi connectivity index (χ4n) is 2.36. The quantitative estimate of drug-likeness (QED) is 0.759. The molecule has 0 aromatic heterocycles. The van der Waals surface area contributed by atoms with Crippen LogP contribution in [-0.2, 0) is 14.9 Å². The fraction of sp³-hybridized carbons (Fsp3) is 1.00. The molecule has 5 nitrogen and oxygen atoms in total. The Hall–Kier alpha value is -0.380. The molecule has 19 heavy (non-hydrogen) atoms. The largest absolute Gasteiger partial charge is 0.393 e. The van der Waals surface area contributed by atoms with Crippen molar-refractivity contribution in [2.45, 2.75) is 19.0 Å². The smallest absolute Gasteiger partial charge is 0.379 e. The zero-order chi connectivity index (χ0) is 14.1. The lowest BCUT2D eigenvalue weighted by Crippen LogP contribution is -2.52. The van der Waals surface area contributed by atoms with Crippen LogP contribution in [0.15, 0.2) is 0 Å². The average molecular weight is 302 g/mol. The Balaban J connectivity index is 2.07. The maximum Gasteiger partial charge on any atom is 0.393 e. The molecule has 0 saturated carbocycles. The Bertz CT molecular complexity index is 407. The van der Waals surface area contributed by atoms with Gasteiger partial charge in [0, 0.05) is 26.2 Å². The normalized spacial score (nSPS) is 28.5. The van der Waals surface area contributed by atoms with Crippen molar-refractivity contribution in [3.63, 3.8) is 0 Å². The number of nitrogens with zero attached hydrogens (tertiary/aromatic N) is 2. The van der Waals surface area contributed by atoms with E-state index in [1.807, 2.05) is 0 Å². The zero-order valence-electron chi connectivity index (χ0n) is 10.4. The monoisotopic (exact) mass is 302 g/mol. The number of morpholine rings is 1. The first-order valence-electron chi connectivity index (χ1n) is 6.21. The summed E-state index contributed by atoms with van der Waals surface area (Å²) in [6, 6.07) is 0. The summed E-state index contributed by atoms with van der Waals surface area (Å²) in [6.07, 6.45) is -4.09. The molecule has 2 rings (SSSR count). The molecule has 0 unspecified atom stereocenters. The summed E-state index contributed by atoms with van der Waals surface area (Å²) in [4.78, 5) is 0. The van der Waals surface area contributed by atoms with Gasteiger partial charge in [-0.2, -0.15) is 30.2 Å². The van der Waals surface area contributed by atoms with Gasteiger partial charge in [-0.25, -0.2) is 0 Å². The second-order valence-electron chi connectivity index (χ2n) is 4.76. The van der Waals surface area contributed by atoms with Crippen LogP contribution in [-0.4, -0.2) is 62.6 Å². The highest BCUT2D eigenvalue weighted by Crippen LogP contribution is 2.34. The van der Waals surface area contributed by atoms with Gasteiger partial charge in [-0.1, -0.05) is 0 Å². The zero-order valence-corrected chi connectivity index (χ0v) is 11.2. The lowest BCUT2D eigenvalue weighted by molar-refractivity contribution is -0.182. The molecule has 0 N–H and O–H groups in total. The van der Waals surface area contributed by atoms with Gasteiger partial charge in [0.1, 0.15) is 0 Å². The van der Waals surface area contributed by atoms with Crippen molar-refractivity contribution in [2.24, 2.45) is 5.92 Å². The Labute approximate surface area is 110 Å². The molecule has 2 fully saturated rings. The van der Waals surface area contributed by atoms with Crippen LogP contribution in [0.1, 0.15) is 12.8 Å². The van der Waals surface area contributed by atoms with Gasteiger partial charge < -0.3 is 4.74 Å². The van der Waals surface area contributed by atoms with Crippen LogP contribution in [0, 0.1) is 5.92 Å². The van der Waals surface area contributed by atoms with Gasteiger partial charge in [0.05, 0.1) is 19.1 Å². The molecule has 2 heterocycles. The van der Waals surface area contributed by atoms with Gasteiger partial charge in [0.25, 0.3) is 10.2 Å². The minimum atomic E-state index is -4.33. The highest BCUT2D eigenvalue weighted by molar-refractivity contribution is 7.86. The van der Waals surface area contributed by atoms with Gasteiger partial charge in [-0.3, -0.25) is 0 Å². The van der Waals surface area contributed by atoms with E-state index < -0.39 is 28.8 Å². The maximum absolute atomic E-state index is 12.7. The number of hydrogen-bond donors (Lipinski definition) is 0. The summed E-state index contributed by atoms with van der Waals surface area (Å²) in [6.45, 7) is 0.673. The fourth-order valence-corrected chi connectivity index (χ4v) is 4.03. The Morgan fingerprint density at radius 2 is 1.68 bits per heavy atom. The minimum Gasteiger partial charge on any atom is -0.379 e. The molecule has 112 valence electrons.